The summed E-state index contributed by atoms with van der Waals surface area (Å²) >= 11 is 0. The molecule has 1 aromatic carbocycles. The van der Waals surface area contributed by atoms with Crippen molar-refractivity contribution in [3.63, 3.8) is 0 Å². The van der Waals surface area contributed by atoms with Crippen molar-refractivity contribution in [2.75, 3.05) is 23.4 Å². The Morgan fingerprint density at radius 2 is 2.00 bits per heavy atom. The van der Waals surface area contributed by atoms with Crippen LogP contribution in [-0.2, 0) is 9.84 Å². The van der Waals surface area contributed by atoms with Crippen LogP contribution < -0.4 is 5.32 Å². The summed E-state index contributed by atoms with van der Waals surface area (Å²) in [5, 5.41) is 3.21. The van der Waals surface area contributed by atoms with Gasteiger partial charge in [-0.1, -0.05) is 18.2 Å². The zero-order valence-electron chi connectivity index (χ0n) is 14.1. The Morgan fingerprint density at radius 1 is 1.24 bits per heavy atom. The second-order valence-corrected chi connectivity index (χ2v) is 8.33. The molecule has 1 N–H and O–H groups in total. The molecule has 1 aromatic heterocycles. The minimum atomic E-state index is -3.04. The molecule has 25 heavy (non-hydrogen) atoms. The van der Waals surface area contributed by atoms with Gasteiger partial charge in [0.2, 0.25) is 0 Å². The first-order chi connectivity index (χ1) is 12.0. The molecule has 0 spiro atoms. The molecule has 1 aliphatic heterocycles. The van der Waals surface area contributed by atoms with Crippen molar-refractivity contribution in [2.24, 2.45) is 0 Å². The van der Waals surface area contributed by atoms with E-state index in [2.05, 4.69) is 10.3 Å². The van der Waals surface area contributed by atoms with Crippen LogP contribution >= 0.6 is 0 Å². The van der Waals surface area contributed by atoms with Crippen LogP contribution in [0.4, 0.5) is 11.4 Å². The van der Waals surface area contributed by atoms with Gasteiger partial charge in [0.25, 0.3) is 5.91 Å². The van der Waals surface area contributed by atoms with E-state index in [4.69, 9.17) is 0 Å². The molecule has 0 bridgehead atoms. The van der Waals surface area contributed by atoms with E-state index in [1.807, 2.05) is 37.3 Å². The molecular weight excluding hydrogens is 338 g/mol. The quantitative estimate of drug-likeness (QED) is 0.887. The van der Waals surface area contributed by atoms with E-state index in [-0.39, 0.29) is 23.5 Å². The number of sulfone groups is 1. The summed E-state index contributed by atoms with van der Waals surface area (Å²) in [4.78, 5) is 18.6. The highest BCUT2D eigenvalue weighted by atomic mass is 32.2. The van der Waals surface area contributed by atoms with Crippen molar-refractivity contribution in [3.8, 4) is 0 Å². The fraction of sp³-hybridized carbons (Fsp3) is 0.333. The lowest BCUT2D eigenvalue weighted by Crippen LogP contribution is -2.41. The van der Waals surface area contributed by atoms with Crippen molar-refractivity contribution >= 4 is 27.1 Å². The van der Waals surface area contributed by atoms with Gasteiger partial charge in [0.15, 0.2) is 9.84 Å². The number of nitrogens with one attached hydrogen (secondary N) is 1. The monoisotopic (exact) mass is 359 g/mol. The van der Waals surface area contributed by atoms with Gasteiger partial charge in [-0.2, -0.15) is 0 Å². The summed E-state index contributed by atoms with van der Waals surface area (Å²) in [7, 11) is -3.04. The van der Waals surface area contributed by atoms with E-state index in [0.29, 0.717) is 24.2 Å². The summed E-state index contributed by atoms with van der Waals surface area (Å²) in [6.07, 6.45) is 3.67. The lowest BCUT2D eigenvalue weighted by atomic mass is 10.1. The molecule has 1 atom stereocenters. The maximum absolute atomic E-state index is 12.8. The molecule has 0 radical (unpaired) electrons. The summed E-state index contributed by atoms with van der Waals surface area (Å²) in [5.41, 5.74) is 2.07. The molecule has 3 rings (SSSR count). The zero-order valence-corrected chi connectivity index (χ0v) is 14.9. The lowest BCUT2D eigenvalue weighted by molar-refractivity contribution is 0.0708. The number of para-hydroxylation sites is 1. The largest absolute Gasteiger partial charge is 0.354 e. The third-order valence-electron chi connectivity index (χ3n) is 4.30. The highest BCUT2D eigenvalue weighted by Gasteiger charge is 2.34. The average molecular weight is 359 g/mol. The Kier molecular flexibility index (Phi) is 5.03. The number of aromatic nitrogens is 1. The molecule has 7 heteroatoms. The van der Waals surface area contributed by atoms with Crippen LogP contribution in [0.5, 0.6) is 0 Å². The predicted molar refractivity (Wildman–Crippen MR) is 97.7 cm³/mol. The number of anilines is 2. The second-order valence-electron chi connectivity index (χ2n) is 6.10. The van der Waals surface area contributed by atoms with Crippen LogP contribution in [0.3, 0.4) is 0 Å². The molecule has 1 fully saturated rings. The minimum absolute atomic E-state index is 0.0436. The number of amides is 1. The van der Waals surface area contributed by atoms with Gasteiger partial charge in [-0.15, -0.1) is 0 Å². The van der Waals surface area contributed by atoms with Crippen LogP contribution in [0.25, 0.3) is 0 Å². The van der Waals surface area contributed by atoms with Crippen LogP contribution in [-0.4, -0.2) is 48.3 Å². The number of hydrogen-bond donors (Lipinski definition) is 1. The number of carbonyl (C=O) groups is 1. The first-order valence-corrected chi connectivity index (χ1v) is 10.1. The molecule has 6 nitrogen and oxygen atoms in total. The third-order valence-corrected chi connectivity index (χ3v) is 6.05. The molecule has 132 valence electrons. The fourth-order valence-electron chi connectivity index (χ4n) is 3.07. The molecule has 0 aliphatic carbocycles. The first kappa shape index (κ1) is 17.4. The number of hydrogen-bond acceptors (Lipinski definition) is 5. The standard InChI is InChI=1S/C18H21N3O3S/c1-2-21(17-8-9-25(23,24)13-17)18(22)14-10-16(12-19-11-14)20-15-6-4-3-5-7-15/h3-7,10-12,17,20H,2,8-9,13H2,1H3. The van der Waals surface area contributed by atoms with Crippen molar-refractivity contribution in [1.82, 2.24) is 9.88 Å². The molecule has 1 aliphatic rings. The molecule has 1 unspecified atom stereocenters. The van der Waals surface area contributed by atoms with Gasteiger partial charge in [-0.3, -0.25) is 9.78 Å². The number of rotatable bonds is 5. The van der Waals surface area contributed by atoms with Crippen LogP contribution in [0.1, 0.15) is 23.7 Å². The molecular formula is C18H21N3O3S. The van der Waals surface area contributed by atoms with Crippen molar-refractivity contribution < 1.29 is 13.2 Å². The fourth-order valence-corrected chi connectivity index (χ4v) is 4.80. The second kappa shape index (κ2) is 7.23. The number of benzene rings is 1. The predicted octanol–water partition coefficient (Wildman–Crippen LogP) is 2.47. The number of nitrogens with zero attached hydrogens (tertiary/aromatic N) is 2. The highest BCUT2D eigenvalue weighted by molar-refractivity contribution is 7.91. The van der Waals surface area contributed by atoms with Crippen LogP contribution in [0.2, 0.25) is 0 Å². The Labute approximate surface area is 147 Å². The van der Waals surface area contributed by atoms with Gasteiger partial charge >= 0.3 is 0 Å². The van der Waals surface area contributed by atoms with E-state index < -0.39 is 9.84 Å². The molecule has 1 saturated heterocycles. The lowest BCUT2D eigenvalue weighted by Gasteiger charge is -2.27. The Morgan fingerprint density at radius 3 is 2.64 bits per heavy atom. The Bertz CT molecular complexity index is 853. The average Bonchev–Trinajstić information content (AvgIpc) is 2.96. The zero-order chi connectivity index (χ0) is 17.9. The van der Waals surface area contributed by atoms with Gasteiger partial charge in [-0.05, 0) is 31.5 Å². The number of pyridine rings is 1. The van der Waals surface area contributed by atoms with Gasteiger partial charge in [0, 0.05) is 24.5 Å². The minimum Gasteiger partial charge on any atom is -0.354 e. The molecule has 2 heterocycles. The SMILES string of the molecule is CCN(C(=O)c1cncc(Nc2ccccc2)c1)C1CCS(=O)(=O)C1. The first-order valence-electron chi connectivity index (χ1n) is 8.27. The summed E-state index contributed by atoms with van der Waals surface area (Å²) in [6.45, 7) is 2.33. The van der Waals surface area contributed by atoms with Crippen LogP contribution in [0.15, 0.2) is 48.8 Å². The summed E-state index contributed by atoms with van der Waals surface area (Å²) in [6, 6.07) is 11.1. The normalized spacial score (nSPS) is 18.7. The van der Waals surface area contributed by atoms with Gasteiger partial charge < -0.3 is 10.2 Å². The highest BCUT2D eigenvalue weighted by Crippen LogP contribution is 2.21. The van der Waals surface area contributed by atoms with Crippen LogP contribution in [0, 0.1) is 0 Å². The van der Waals surface area contributed by atoms with Gasteiger partial charge in [-0.25, -0.2) is 8.42 Å². The Balaban J connectivity index is 1.78. The molecule has 2 aromatic rings. The summed E-state index contributed by atoms with van der Waals surface area (Å²) in [5.74, 6) is 0.00544. The number of carbonyl (C=O) groups excluding carboxylic acids is 1. The van der Waals surface area contributed by atoms with E-state index in [9.17, 15) is 13.2 Å². The van der Waals surface area contributed by atoms with E-state index in [1.54, 1.807) is 17.2 Å². The summed E-state index contributed by atoms with van der Waals surface area (Å²) < 4.78 is 23.4. The van der Waals surface area contributed by atoms with E-state index in [1.165, 1.54) is 6.20 Å². The van der Waals surface area contributed by atoms with E-state index in [0.717, 1.165) is 5.69 Å². The van der Waals surface area contributed by atoms with Gasteiger partial charge in [0.05, 0.1) is 29.0 Å². The van der Waals surface area contributed by atoms with Crippen molar-refractivity contribution in [2.45, 2.75) is 19.4 Å². The topological polar surface area (TPSA) is 79.4 Å². The van der Waals surface area contributed by atoms with Gasteiger partial charge in [0.1, 0.15) is 0 Å². The smallest absolute Gasteiger partial charge is 0.255 e. The Hall–Kier alpha value is -2.41. The maximum Gasteiger partial charge on any atom is 0.255 e. The van der Waals surface area contributed by atoms with Crippen molar-refractivity contribution in [3.05, 3.63) is 54.4 Å². The molecule has 0 saturated carbocycles. The molecule has 1 amide bonds. The third kappa shape index (κ3) is 4.17. The van der Waals surface area contributed by atoms with E-state index >= 15 is 0 Å². The maximum atomic E-state index is 12.8. The van der Waals surface area contributed by atoms with Crippen molar-refractivity contribution in [1.29, 1.82) is 0 Å².